The minimum absolute atomic E-state index is 0.229. The van der Waals surface area contributed by atoms with Crippen molar-refractivity contribution in [1.82, 2.24) is 0 Å². The highest BCUT2D eigenvalue weighted by molar-refractivity contribution is 4.84. The average Bonchev–Trinajstić information content (AvgIpc) is 2.50. The number of rotatable bonds is 2. The highest BCUT2D eigenvalue weighted by Crippen LogP contribution is 2.34. The highest BCUT2D eigenvalue weighted by atomic mass is 16.5. The lowest BCUT2D eigenvalue weighted by atomic mass is 9.87. The van der Waals surface area contributed by atoms with Crippen LogP contribution >= 0.6 is 0 Å². The number of hydrogen-bond acceptors (Lipinski definition) is 2. The molecule has 0 aromatic carbocycles. The average molecular weight is 186 g/mol. The fourth-order valence-electron chi connectivity index (χ4n) is 1.80. The van der Waals surface area contributed by atoms with Crippen molar-refractivity contribution in [2.45, 2.75) is 58.8 Å². The molecule has 3 unspecified atom stereocenters. The summed E-state index contributed by atoms with van der Waals surface area (Å²) in [6, 6.07) is 0. The van der Waals surface area contributed by atoms with Crippen molar-refractivity contribution in [2.24, 2.45) is 5.41 Å². The maximum Gasteiger partial charge on any atom is 0.0838 e. The lowest BCUT2D eigenvalue weighted by molar-refractivity contribution is -0.0731. The summed E-state index contributed by atoms with van der Waals surface area (Å²) in [7, 11) is 1.75. The van der Waals surface area contributed by atoms with E-state index in [4.69, 9.17) is 9.47 Å². The molecule has 2 heteroatoms. The topological polar surface area (TPSA) is 18.5 Å². The van der Waals surface area contributed by atoms with Gasteiger partial charge >= 0.3 is 0 Å². The third-order valence-electron chi connectivity index (χ3n) is 2.91. The summed E-state index contributed by atoms with van der Waals surface area (Å²) < 4.78 is 11.2. The molecule has 0 N–H and O–H groups in total. The van der Waals surface area contributed by atoms with Gasteiger partial charge in [-0.15, -0.1) is 0 Å². The van der Waals surface area contributed by atoms with E-state index in [1.807, 2.05) is 0 Å². The molecule has 1 aliphatic rings. The number of hydrogen-bond donors (Lipinski definition) is 0. The molecule has 0 radical (unpaired) electrons. The predicted octanol–water partition coefficient (Wildman–Crippen LogP) is 2.62. The predicted molar refractivity (Wildman–Crippen MR) is 53.8 cm³/mol. The van der Waals surface area contributed by atoms with Gasteiger partial charge in [-0.3, -0.25) is 0 Å². The van der Waals surface area contributed by atoms with Gasteiger partial charge in [0.2, 0.25) is 0 Å². The van der Waals surface area contributed by atoms with E-state index in [0.29, 0.717) is 12.2 Å². The minimum Gasteiger partial charge on any atom is -0.379 e. The van der Waals surface area contributed by atoms with Crippen molar-refractivity contribution >= 4 is 0 Å². The van der Waals surface area contributed by atoms with Crippen molar-refractivity contribution in [3.8, 4) is 0 Å². The van der Waals surface area contributed by atoms with E-state index in [-0.39, 0.29) is 11.5 Å². The summed E-state index contributed by atoms with van der Waals surface area (Å²) in [6.07, 6.45) is 3.23. The van der Waals surface area contributed by atoms with Crippen LogP contribution in [0.3, 0.4) is 0 Å². The monoisotopic (exact) mass is 186 g/mol. The van der Waals surface area contributed by atoms with Crippen LogP contribution in [-0.2, 0) is 9.47 Å². The van der Waals surface area contributed by atoms with Crippen LogP contribution in [0.25, 0.3) is 0 Å². The lowest BCUT2D eigenvalue weighted by Gasteiger charge is -2.28. The molecule has 0 bridgehead atoms. The molecule has 0 aromatic heterocycles. The van der Waals surface area contributed by atoms with Crippen LogP contribution in [0.2, 0.25) is 0 Å². The number of methoxy groups -OCH3 is 1. The SMILES string of the molecule is COC(C)C1CCC(C(C)(C)C)O1. The zero-order valence-corrected chi connectivity index (χ0v) is 9.46. The standard InChI is InChI=1S/C11H22O2/c1-8(12-5)9-6-7-10(13-9)11(2,3)4/h8-10H,6-7H2,1-5H3. The summed E-state index contributed by atoms with van der Waals surface area (Å²) in [5.74, 6) is 0. The maximum absolute atomic E-state index is 5.95. The van der Waals surface area contributed by atoms with Gasteiger partial charge in [-0.05, 0) is 25.2 Å². The van der Waals surface area contributed by atoms with Crippen LogP contribution in [-0.4, -0.2) is 25.4 Å². The van der Waals surface area contributed by atoms with Crippen molar-refractivity contribution in [2.75, 3.05) is 7.11 Å². The Hall–Kier alpha value is -0.0800. The molecule has 1 heterocycles. The lowest BCUT2D eigenvalue weighted by Crippen LogP contribution is -2.30. The third-order valence-corrected chi connectivity index (χ3v) is 2.91. The number of ether oxygens (including phenoxy) is 2. The highest BCUT2D eigenvalue weighted by Gasteiger charge is 2.36. The molecule has 0 amide bonds. The Morgan fingerprint density at radius 1 is 1.31 bits per heavy atom. The molecule has 3 atom stereocenters. The Kier molecular flexibility index (Phi) is 3.36. The van der Waals surface area contributed by atoms with E-state index < -0.39 is 0 Å². The molecule has 1 rings (SSSR count). The molecule has 0 spiro atoms. The first-order chi connectivity index (χ1) is 5.95. The largest absolute Gasteiger partial charge is 0.379 e. The van der Waals surface area contributed by atoms with Gasteiger partial charge in [0.1, 0.15) is 0 Å². The first-order valence-electron chi connectivity index (χ1n) is 5.13. The zero-order chi connectivity index (χ0) is 10.1. The Balaban J connectivity index is 2.45. The fourth-order valence-corrected chi connectivity index (χ4v) is 1.80. The normalized spacial score (nSPS) is 32.1. The van der Waals surface area contributed by atoms with Gasteiger partial charge < -0.3 is 9.47 Å². The maximum atomic E-state index is 5.95. The van der Waals surface area contributed by atoms with E-state index >= 15 is 0 Å². The summed E-state index contributed by atoms with van der Waals surface area (Å²) in [4.78, 5) is 0. The zero-order valence-electron chi connectivity index (χ0n) is 9.46. The first-order valence-corrected chi connectivity index (χ1v) is 5.13. The van der Waals surface area contributed by atoms with Gasteiger partial charge in [-0.25, -0.2) is 0 Å². The second kappa shape index (κ2) is 3.97. The quantitative estimate of drug-likeness (QED) is 0.660. The van der Waals surface area contributed by atoms with Crippen LogP contribution < -0.4 is 0 Å². The molecule has 0 aromatic rings. The van der Waals surface area contributed by atoms with Crippen LogP contribution in [0.5, 0.6) is 0 Å². The minimum atomic E-state index is 0.229. The van der Waals surface area contributed by atoms with Crippen LogP contribution in [0.15, 0.2) is 0 Å². The van der Waals surface area contributed by atoms with Gasteiger partial charge in [0.15, 0.2) is 0 Å². The van der Waals surface area contributed by atoms with Crippen molar-refractivity contribution in [3.05, 3.63) is 0 Å². The van der Waals surface area contributed by atoms with Gasteiger partial charge in [-0.2, -0.15) is 0 Å². The van der Waals surface area contributed by atoms with Crippen molar-refractivity contribution < 1.29 is 9.47 Å². The van der Waals surface area contributed by atoms with Crippen LogP contribution in [0.1, 0.15) is 40.5 Å². The molecule has 0 saturated carbocycles. The van der Waals surface area contributed by atoms with Crippen LogP contribution in [0.4, 0.5) is 0 Å². The van der Waals surface area contributed by atoms with Gasteiger partial charge in [0, 0.05) is 7.11 Å². The molecule has 1 aliphatic heterocycles. The molecule has 0 aliphatic carbocycles. The summed E-state index contributed by atoms with van der Waals surface area (Å²) in [6.45, 7) is 8.78. The molecule has 78 valence electrons. The van der Waals surface area contributed by atoms with E-state index in [9.17, 15) is 0 Å². The summed E-state index contributed by atoms with van der Waals surface area (Å²) in [5, 5.41) is 0. The third kappa shape index (κ3) is 2.68. The molecule has 1 fully saturated rings. The van der Waals surface area contributed by atoms with E-state index in [0.717, 1.165) is 6.42 Å². The van der Waals surface area contributed by atoms with Gasteiger partial charge in [0.25, 0.3) is 0 Å². The molecular formula is C11H22O2. The molecule has 2 nitrogen and oxygen atoms in total. The molecular weight excluding hydrogens is 164 g/mol. The fraction of sp³-hybridized carbons (Fsp3) is 1.00. The smallest absolute Gasteiger partial charge is 0.0838 e. The van der Waals surface area contributed by atoms with Crippen molar-refractivity contribution in [1.29, 1.82) is 0 Å². The second-order valence-electron chi connectivity index (χ2n) is 5.05. The van der Waals surface area contributed by atoms with E-state index in [2.05, 4.69) is 27.7 Å². The van der Waals surface area contributed by atoms with E-state index in [1.165, 1.54) is 6.42 Å². The first kappa shape index (κ1) is 11.0. The Morgan fingerprint density at radius 3 is 2.31 bits per heavy atom. The van der Waals surface area contributed by atoms with Crippen molar-refractivity contribution in [3.63, 3.8) is 0 Å². The van der Waals surface area contributed by atoms with Crippen LogP contribution in [0, 0.1) is 5.41 Å². The Bertz CT molecular complexity index is 160. The van der Waals surface area contributed by atoms with Gasteiger partial charge in [0.05, 0.1) is 18.3 Å². The molecule has 1 saturated heterocycles. The van der Waals surface area contributed by atoms with Gasteiger partial charge in [-0.1, -0.05) is 20.8 Å². The molecule has 13 heavy (non-hydrogen) atoms. The summed E-state index contributed by atoms with van der Waals surface area (Å²) in [5.41, 5.74) is 0.266. The Labute approximate surface area is 81.6 Å². The second-order valence-corrected chi connectivity index (χ2v) is 5.05. The van der Waals surface area contributed by atoms with E-state index in [1.54, 1.807) is 7.11 Å². The Morgan fingerprint density at radius 2 is 1.92 bits per heavy atom. The summed E-state index contributed by atoms with van der Waals surface area (Å²) >= 11 is 0.